The van der Waals surface area contributed by atoms with Crippen LogP contribution in [0.4, 0.5) is 0 Å². The molecule has 1 N–H and O–H groups in total. The number of hydrogen-bond donors (Lipinski definition) is 1. The van der Waals surface area contributed by atoms with E-state index >= 15 is 0 Å². The molecular weight excluding hydrogens is 143 g/mol. The molecule has 0 saturated heterocycles. The van der Waals surface area contributed by atoms with E-state index < -0.39 is 0 Å². The first-order chi connectivity index (χ1) is 2.41. The summed E-state index contributed by atoms with van der Waals surface area (Å²) in [5, 5.41) is 8.08. The van der Waals surface area contributed by atoms with E-state index in [1.165, 1.54) is 28.8 Å². The fraction of sp³-hybridized carbons (Fsp3) is 1.00. The molecule has 0 aromatic heterocycles. The zero-order valence-corrected chi connectivity index (χ0v) is 5.53. The van der Waals surface area contributed by atoms with Crippen molar-refractivity contribution < 1.29 is 29.8 Å². The second-order valence-corrected chi connectivity index (χ2v) is 2.06. The van der Waals surface area contributed by atoms with Gasteiger partial charge in [-0.05, 0) is 0 Å². The monoisotopic (exact) mass is 149 g/mol. The average molecular weight is 150 g/mol. The summed E-state index contributed by atoms with van der Waals surface area (Å²) < 4.78 is 1.18. The Labute approximate surface area is 47.2 Å². The Morgan fingerprint density at radius 1 is 1.60 bits per heavy atom. The number of aliphatic hydroxyl groups is 1. The van der Waals surface area contributed by atoms with Crippen molar-refractivity contribution in [3.8, 4) is 0 Å². The Balaban J connectivity index is 2.19. The first kappa shape index (κ1) is 5.84. The van der Waals surface area contributed by atoms with Crippen molar-refractivity contribution in [1.82, 2.24) is 0 Å². The summed E-state index contributed by atoms with van der Waals surface area (Å²) in [5.74, 6) is 0. The molecule has 2 heteroatoms. The second-order valence-electron chi connectivity index (χ2n) is 0.827. The van der Waals surface area contributed by atoms with Crippen LogP contribution in [0.1, 0.15) is 6.42 Å². The van der Waals surface area contributed by atoms with Gasteiger partial charge in [0.05, 0.1) is 0 Å². The third-order valence-electron chi connectivity index (χ3n) is 0.335. The Morgan fingerprint density at radius 2 is 2.20 bits per heavy atom. The maximum atomic E-state index is 8.08. The van der Waals surface area contributed by atoms with E-state index in [1.807, 2.05) is 0 Å². The van der Waals surface area contributed by atoms with E-state index in [4.69, 9.17) is 5.11 Å². The summed E-state index contributed by atoms with van der Waals surface area (Å²) >= 11 is 1.52. The van der Waals surface area contributed by atoms with Gasteiger partial charge in [-0.1, -0.05) is 0 Å². The van der Waals surface area contributed by atoms with Crippen molar-refractivity contribution in [3.05, 3.63) is 0 Å². The van der Waals surface area contributed by atoms with Gasteiger partial charge in [0.15, 0.2) is 0 Å². The molecule has 5 heavy (non-hydrogen) atoms. The standard InChI is InChI=1S/C3H7O.Zr/c1-2-3-4;/h4H,1-3H2;. The van der Waals surface area contributed by atoms with E-state index in [0.717, 1.165) is 6.42 Å². The average Bonchev–Trinajstić information content (AvgIpc) is 1.41. The van der Waals surface area contributed by atoms with Crippen molar-refractivity contribution in [3.63, 3.8) is 0 Å². The molecule has 0 radical (unpaired) electrons. The van der Waals surface area contributed by atoms with Crippen molar-refractivity contribution in [2.45, 2.75) is 10.5 Å². The molecule has 0 unspecified atom stereocenters. The van der Waals surface area contributed by atoms with Crippen LogP contribution < -0.4 is 0 Å². The van der Waals surface area contributed by atoms with Crippen LogP contribution in [-0.4, -0.2) is 11.7 Å². The minimum absolute atomic E-state index is 0.366. The first-order valence-corrected chi connectivity index (χ1v) is 3.41. The Hall–Kier alpha value is 0.843. The number of aliphatic hydroxyl groups excluding tert-OH is 1. The van der Waals surface area contributed by atoms with Crippen LogP contribution in [0, 0.1) is 0 Å². The zero-order chi connectivity index (χ0) is 4.12. The summed E-state index contributed by atoms with van der Waals surface area (Å²) in [5.41, 5.74) is 0. The minimum atomic E-state index is 0.366. The van der Waals surface area contributed by atoms with Gasteiger partial charge in [-0.3, -0.25) is 0 Å². The van der Waals surface area contributed by atoms with E-state index in [9.17, 15) is 0 Å². The van der Waals surface area contributed by atoms with Gasteiger partial charge in [0, 0.05) is 0 Å². The van der Waals surface area contributed by atoms with E-state index in [0.29, 0.717) is 6.61 Å². The molecule has 1 nitrogen and oxygen atoms in total. The van der Waals surface area contributed by atoms with Gasteiger partial charge in [-0.2, -0.15) is 0 Å². The molecule has 0 fully saturated rings. The third kappa shape index (κ3) is 4.84. The number of rotatable bonds is 2. The van der Waals surface area contributed by atoms with E-state index in [2.05, 4.69) is 0 Å². The number of hydrogen-bond acceptors (Lipinski definition) is 1. The maximum absolute atomic E-state index is 8.08. The van der Waals surface area contributed by atoms with Crippen molar-refractivity contribution in [2.75, 3.05) is 6.61 Å². The summed E-state index contributed by atoms with van der Waals surface area (Å²) in [7, 11) is 0. The predicted octanol–water partition coefficient (Wildman–Crippen LogP) is 0.334. The van der Waals surface area contributed by atoms with Gasteiger partial charge < -0.3 is 0 Å². The Bertz CT molecular complexity index is 14.4. The molecule has 29 valence electrons. The molecule has 0 aromatic rings. The predicted molar refractivity (Wildman–Crippen MR) is 16.5 cm³/mol. The van der Waals surface area contributed by atoms with Crippen molar-refractivity contribution in [1.29, 1.82) is 0 Å². The van der Waals surface area contributed by atoms with Gasteiger partial charge in [0.25, 0.3) is 0 Å². The summed E-state index contributed by atoms with van der Waals surface area (Å²) in [6.07, 6.45) is 0.984. The molecule has 0 heterocycles. The van der Waals surface area contributed by atoms with Crippen LogP contribution in [-0.2, 0) is 24.7 Å². The SMILES string of the molecule is OCC[CH2][Zr]. The fourth-order valence-electron chi connectivity index (χ4n) is 0.0791. The third-order valence-corrected chi connectivity index (χ3v) is 1.20. The Kier molecular flexibility index (Phi) is 5.66. The molecular formula is C3H7OZr. The Morgan fingerprint density at radius 3 is 2.20 bits per heavy atom. The topological polar surface area (TPSA) is 20.2 Å². The van der Waals surface area contributed by atoms with Crippen LogP contribution in [0.25, 0.3) is 0 Å². The van der Waals surface area contributed by atoms with Crippen LogP contribution in [0.2, 0.25) is 4.13 Å². The molecule has 0 aliphatic heterocycles. The first-order valence-electron chi connectivity index (χ1n) is 1.67. The van der Waals surface area contributed by atoms with E-state index in [-0.39, 0.29) is 0 Å². The fourth-order valence-corrected chi connectivity index (χ4v) is 0.468. The normalized spacial score (nSPS) is 8.00. The molecule has 0 aromatic carbocycles. The van der Waals surface area contributed by atoms with Gasteiger partial charge in [0.1, 0.15) is 0 Å². The van der Waals surface area contributed by atoms with Crippen molar-refractivity contribution >= 4 is 0 Å². The summed E-state index contributed by atoms with van der Waals surface area (Å²) in [6.45, 7) is 0.366. The van der Waals surface area contributed by atoms with Crippen LogP contribution >= 0.6 is 0 Å². The van der Waals surface area contributed by atoms with Crippen LogP contribution in [0.3, 0.4) is 0 Å². The van der Waals surface area contributed by atoms with Gasteiger partial charge >= 0.3 is 47.0 Å². The van der Waals surface area contributed by atoms with Gasteiger partial charge in [0.2, 0.25) is 0 Å². The van der Waals surface area contributed by atoms with Crippen molar-refractivity contribution in [2.24, 2.45) is 0 Å². The second kappa shape index (κ2) is 4.84. The molecule has 0 aliphatic rings. The molecule has 0 spiro atoms. The molecule has 0 bridgehead atoms. The zero-order valence-electron chi connectivity index (χ0n) is 3.07. The molecule has 0 amide bonds. The summed E-state index contributed by atoms with van der Waals surface area (Å²) in [6, 6.07) is 0. The molecule has 0 atom stereocenters. The summed E-state index contributed by atoms with van der Waals surface area (Å²) in [4.78, 5) is 0. The van der Waals surface area contributed by atoms with Crippen LogP contribution in [0.15, 0.2) is 0 Å². The molecule has 0 aliphatic carbocycles. The van der Waals surface area contributed by atoms with Gasteiger partial charge in [-0.15, -0.1) is 0 Å². The van der Waals surface area contributed by atoms with Gasteiger partial charge in [-0.25, -0.2) is 0 Å². The quantitative estimate of drug-likeness (QED) is 0.601. The van der Waals surface area contributed by atoms with E-state index in [1.54, 1.807) is 0 Å². The molecule has 0 saturated carbocycles. The molecule has 0 rings (SSSR count). The van der Waals surface area contributed by atoms with Crippen LogP contribution in [0.5, 0.6) is 0 Å².